The lowest BCUT2D eigenvalue weighted by molar-refractivity contribution is -0.134. The average Bonchev–Trinajstić information content (AvgIpc) is 1.94. The van der Waals surface area contributed by atoms with Crippen molar-refractivity contribution >= 4 is 31.2 Å². The standard InChI is InChI=1S/C6H6S2.C2H4O2/c7-5-1-2-6(8)4-3-5;1-2(3)4/h1-4,7-8H;1H3,(H,3,4). The number of aliphatic carboxylic acids is 1. The molecule has 0 aliphatic rings. The molecule has 0 heterocycles. The van der Waals surface area contributed by atoms with Crippen LogP contribution in [0.1, 0.15) is 6.92 Å². The second kappa shape index (κ2) is 5.97. The number of hydrogen-bond acceptors (Lipinski definition) is 3. The fourth-order valence-electron chi connectivity index (χ4n) is 0.453. The van der Waals surface area contributed by atoms with Gasteiger partial charge in [0.1, 0.15) is 0 Å². The molecule has 0 atom stereocenters. The van der Waals surface area contributed by atoms with E-state index in [4.69, 9.17) is 9.90 Å². The van der Waals surface area contributed by atoms with Crippen LogP contribution in [0.15, 0.2) is 34.1 Å². The summed E-state index contributed by atoms with van der Waals surface area (Å²) in [6.45, 7) is 1.08. The Balaban J connectivity index is 0.000000261. The first-order chi connectivity index (χ1) is 5.52. The number of carbonyl (C=O) groups is 1. The summed E-state index contributed by atoms with van der Waals surface area (Å²) in [6, 6.07) is 7.63. The van der Waals surface area contributed by atoms with Crippen LogP contribution in [0.25, 0.3) is 0 Å². The van der Waals surface area contributed by atoms with Crippen molar-refractivity contribution in [2.75, 3.05) is 0 Å². The zero-order valence-corrected chi connectivity index (χ0v) is 8.35. The largest absolute Gasteiger partial charge is 0.481 e. The van der Waals surface area contributed by atoms with Crippen LogP contribution in [0, 0.1) is 0 Å². The Hall–Kier alpha value is -0.610. The number of thiol groups is 2. The summed E-state index contributed by atoms with van der Waals surface area (Å²) >= 11 is 8.20. The van der Waals surface area contributed by atoms with Crippen molar-refractivity contribution in [1.82, 2.24) is 0 Å². The molecule has 0 aromatic heterocycles. The fourth-order valence-corrected chi connectivity index (χ4v) is 0.751. The van der Waals surface area contributed by atoms with Crippen LogP contribution in [0.3, 0.4) is 0 Å². The molecule has 0 spiro atoms. The molecule has 0 saturated carbocycles. The van der Waals surface area contributed by atoms with Crippen LogP contribution >= 0.6 is 25.3 Å². The fraction of sp³-hybridized carbons (Fsp3) is 0.125. The topological polar surface area (TPSA) is 37.3 Å². The Bertz CT molecular complexity index is 219. The summed E-state index contributed by atoms with van der Waals surface area (Å²) < 4.78 is 0. The second-order valence-electron chi connectivity index (χ2n) is 2.04. The summed E-state index contributed by atoms with van der Waals surface area (Å²) in [4.78, 5) is 10.9. The quantitative estimate of drug-likeness (QED) is 0.565. The van der Waals surface area contributed by atoms with Gasteiger partial charge in [-0.1, -0.05) is 0 Å². The maximum absolute atomic E-state index is 9.00. The van der Waals surface area contributed by atoms with Crippen molar-refractivity contribution in [1.29, 1.82) is 0 Å². The first kappa shape index (κ1) is 11.4. The number of carboxylic acids is 1. The molecular weight excluding hydrogens is 192 g/mol. The zero-order chi connectivity index (χ0) is 9.56. The number of benzene rings is 1. The minimum Gasteiger partial charge on any atom is -0.481 e. The van der Waals surface area contributed by atoms with Gasteiger partial charge in [-0.25, -0.2) is 0 Å². The van der Waals surface area contributed by atoms with Crippen LogP contribution in [0.2, 0.25) is 0 Å². The van der Waals surface area contributed by atoms with E-state index in [0.29, 0.717) is 0 Å². The van der Waals surface area contributed by atoms with E-state index in [9.17, 15) is 0 Å². The third-order valence-electron chi connectivity index (χ3n) is 0.850. The molecule has 12 heavy (non-hydrogen) atoms. The average molecular weight is 202 g/mol. The van der Waals surface area contributed by atoms with Gasteiger partial charge in [-0.2, -0.15) is 0 Å². The van der Waals surface area contributed by atoms with E-state index in [2.05, 4.69) is 25.3 Å². The Morgan fingerprint density at radius 2 is 1.33 bits per heavy atom. The molecule has 0 amide bonds. The molecule has 0 radical (unpaired) electrons. The first-order valence-electron chi connectivity index (χ1n) is 3.20. The van der Waals surface area contributed by atoms with Crippen LogP contribution in [-0.4, -0.2) is 11.1 Å². The number of carboxylic acid groups (broad SMARTS) is 1. The van der Waals surface area contributed by atoms with Crippen molar-refractivity contribution in [2.45, 2.75) is 16.7 Å². The normalized spacial score (nSPS) is 8.25. The highest BCUT2D eigenvalue weighted by molar-refractivity contribution is 7.80. The summed E-state index contributed by atoms with van der Waals surface area (Å²) in [7, 11) is 0. The molecule has 4 heteroatoms. The molecule has 1 aromatic carbocycles. The molecule has 0 bridgehead atoms. The lowest BCUT2D eigenvalue weighted by atomic mass is 10.4. The van der Waals surface area contributed by atoms with Crippen molar-refractivity contribution in [3.63, 3.8) is 0 Å². The summed E-state index contributed by atoms with van der Waals surface area (Å²) in [5.74, 6) is -0.833. The SMILES string of the molecule is CC(=O)O.Sc1ccc(S)cc1. The van der Waals surface area contributed by atoms with Gasteiger partial charge in [0.05, 0.1) is 0 Å². The molecule has 0 saturated heterocycles. The van der Waals surface area contributed by atoms with E-state index in [1.807, 2.05) is 24.3 Å². The van der Waals surface area contributed by atoms with Gasteiger partial charge in [-0.3, -0.25) is 4.79 Å². The Labute approximate surface area is 82.4 Å². The zero-order valence-electron chi connectivity index (χ0n) is 6.56. The lowest BCUT2D eigenvalue weighted by Crippen LogP contribution is -1.78. The Morgan fingerprint density at radius 1 is 1.17 bits per heavy atom. The van der Waals surface area contributed by atoms with Gasteiger partial charge < -0.3 is 5.11 Å². The second-order valence-corrected chi connectivity index (χ2v) is 3.07. The highest BCUT2D eigenvalue weighted by Crippen LogP contribution is 2.09. The summed E-state index contributed by atoms with van der Waals surface area (Å²) in [5, 5.41) is 7.42. The van der Waals surface area contributed by atoms with Crippen molar-refractivity contribution in [2.24, 2.45) is 0 Å². The predicted octanol–water partition coefficient (Wildman–Crippen LogP) is 2.35. The lowest BCUT2D eigenvalue weighted by Gasteiger charge is -1.88. The van der Waals surface area contributed by atoms with Crippen molar-refractivity contribution in [3.8, 4) is 0 Å². The van der Waals surface area contributed by atoms with Gasteiger partial charge in [-0.15, -0.1) is 25.3 Å². The van der Waals surface area contributed by atoms with E-state index in [1.165, 1.54) is 0 Å². The van der Waals surface area contributed by atoms with Gasteiger partial charge in [0.2, 0.25) is 0 Å². The third kappa shape index (κ3) is 7.50. The van der Waals surface area contributed by atoms with Crippen LogP contribution in [-0.2, 0) is 4.79 Å². The maximum Gasteiger partial charge on any atom is 0.300 e. The van der Waals surface area contributed by atoms with E-state index >= 15 is 0 Å². The first-order valence-corrected chi connectivity index (χ1v) is 4.09. The smallest absolute Gasteiger partial charge is 0.300 e. The van der Waals surface area contributed by atoms with Gasteiger partial charge in [-0.05, 0) is 24.3 Å². The maximum atomic E-state index is 9.00. The Kier molecular flexibility index (Phi) is 5.66. The van der Waals surface area contributed by atoms with Crippen LogP contribution in [0.5, 0.6) is 0 Å². The third-order valence-corrected chi connectivity index (χ3v) is 1.45. The van der Waals surface area contributed by atoms with Crippen LogP contribution in [0.4, 0.5) is 0 Å². The molecule has 1 rings (SSSR count). The molecule has 0 aliphatic heterocycles. The van der Waals surface area contributed by atoms with E-state index in [1.54, 1.807) is 0 Å². The molecule has 66 valence electrons. The van der Waals surface area contributed by atoms with Crippen molar-refractivity contribution in [3.05, 3.63) is 24.3 Å². The predicted molar refractivity (Wildman–Crippen MR) is 54.3 cm³/mol. The molecule has 1 aromatic rings. The molecule has 0 aliphatic carbocycles. The highest BCUT2D eigenvalue weighted by atomic mass is 32.1. The molecule has 0 fully saturated rings. The highest BCUT2D eigenvalue weighted by Gasteiger charge is 1.81. The molecule has 2 nitrogen and oxygen atoms in total. The molecule has 0 unspecified atom stereocenters. The van der Waals surface area contributed by atoms with Gasteiger partial charge in [0.25, 0.3) is 5.97 Å². The van der Waals surface area contributed by atoms with Gasteiger partial charge in [0.15, 0.2) is 0 Å². The number of rotatable bonds is 0. The molecular formula is C8H10O2S2. The van der Waals surface area contributed by atoms with E-state index in [-0.39, 0.29) is 0 Å². The Morgan fingerprint density at radius 3 is 1.50 bits per heavy atom. The number of hydrogen-bond donors (Lipinski definition) is 3. The monoisotopic (exact) mass is 202 g/mol. The van der Waals surface area contributed by atoms with E-state index < -0.39 is 5.97 Å². The minimum absolute atomic E-state index is 0.833. The van der Waals surface area contributed by atoms with Gasteiger partial charge >= 0.3 is 0 Å². The van der Waals surface area contributed by atoms with Crippen LogP contribution < -0.4 is 0 Å². The van der Waals surface area contributed by atoms with E-state index in [0.717, 1.165) is 16.7 Å². The summed E-state index contributed by atoms with van der Waals surface area (Å²) in [5.41, 5.74) is 0. The minimum atomic E-state index is -0.833. The molecule has 1 N–H and O–H groups in total. The summed E-state index contributed by atoms with van der Waals surface area (Å²) in [6.07, 6.45) is 0. The van der Waals surface area contributed by atoms with Gasteiger partial charge in [0, 0.05) is 16.7 Å². The van der Waals surface area contributed by atoms with Crippen molar-refractivity contribution < 1.29 is 9.90 Å².